The maximum absolute atomic E-state index is 12.0. The lowest BCUT2D eigenvalue weighted by atomic mass is 10.1. The number of hydrogen-bond acceptors (Lipinski definition) is 3. The molecule has 0 bridgehead atoms. The van der Waals surface area contributed by atoms with Crippen LogP contribution < -0.4 is 0 Å². The zero-order valence-corrected chi connectivity index (χ0v) is 10.8. The van der Waals surface area contributed by atoms with E-state index in [9.17, 15) is 4.79 Å². The molecular formula is C13H16N4O. The van der Waals surface area contributed by atoms with Gasteiger partial charge in [-0.3, -0.25) is 14.2 Å². The summed E-state index contributed by atoms with van der Waals surface area (Å²) >= 11 is 0. The zero-order chi connectivity index (χ0) is 13.1. The van der Waals surface area contributed by atoms with Gasteiger partial charge in [0, 0.05) is 31.0 Å². The third kappa shape index (κ3) is 2.40. The normalized spacial score (nSPS) is 11.3. The fraction of sp³-hybridized carbons (Fsp3) is 0.308. The molecule has 0 aliphatic heterocycles. The minimum atomic E-state index is -0.0314. The zero-order valence-electron chi connectivity index (χ0n) is 10.8. The van der Waals surface area contributed by atoms with Crippen LogP contribution in [-0.4, -0.2) is 25.3 Å². The molecule has 0 radical (unpaired) electrons. The van der Waals surface area contributed by atoms with E-state index in [1.807, 2.05) is 31.8 Å². The van der Waals surface area contributed by atoms with Crippen molar-refractivity contribution >= 4 is 11.9 Å². The number of nitrogens with zero attached hydrogens (tertiary/aromatic N) is 4. The highest BCUT2D eigenvalue weighted by molar-refractivity contribution is 6.07. The molecular weight excluding hydrogens is 228 g/mol. The largest absolute Gasteiger partial charge is 0.289 e. The third-order valence-corrected chi connectivity index (χ3v) is 2.82. The fourth-order valence-electron chi connectivity index (χ4n) is 1.80. The molecule has 18 heavy (non-hydrogen) atoms. The smallest absolute Gasteiger partial charge is 0.189 e. The molecule has 0 atom stereocenters. The minimum absolute atomic E-state index is 0.0314. The molecule has 0 aromatic carbocycles. The van der Waals surface area contributed by atoms with Crippen molar-refractivity contribution in [3.8, 4) is 0 Å². The Balaban J connectivity index is 2.17. The third-order valence-electron chi connectivity index (χ3n) is 2.82. The van der Waals surface area contributed by atoms with Crippen LogP contribution in [0.1, 0.15) is 28.5 Å². The van der Waals surface area contributed by atoms with E-state index in [0.29, 0.717) is 5.56 Å². The Bertz CT molecular complexity index is 592. The van der Waals surface area contributed by atoms with Gasteiger partial charge in [0.2, 0.25) is 0 Å². The van der Waals surface area contributed by atoms with Gasteiger partial charge >= 0.3 is 0 Å². The molecule has 0 aliphatic rings. The first-order valence-electron chi connectivity index (χ1n) is 5.85. The number of allylic oxidation sites excluding steroid dienone is 1. The highest BCUT2D eigenvalue weighted by Crippen LogP contribution is 2.10. The molecule has 0 N–H and O–H groups in total. The van der Waals surface area contributed by atoms with E-state index < -0.39 is 0 Å². The first-order valence-corrected chi connectivity index (χ1v) is 5.85. The van der Waals surface area contributed by atoms with Gasteiger partial charge in [-0.2, -0.15) is 10.2 Å². The topological polar surface area (TPSA) is 52.7 Å². The van der Waals surface area contributed by atoms with Crippen LogP contribution in [0.3, 0.4) is 0 Å². The molecule has 0 fully saturated rings. The van der Waals surface area contributed by atoms with E-state index in [-0.39, 0.29) is 5.78 Å². The van der Waals surface area contributed by atoms with Gasteiger partial charge in [0.05, 0.1) is 18.0 Å². The number of aryl methyl sites for hydroxylation is 2. The number of rotatable bonds is 4. The van der Waals surface area contributed by atoms with Crippen LogP contribution in [0.25, 0.3) is 6.08 Å². The second kappa shape index (κ2) is 5.00. The summed E-state index contributed by atoms with van der Waals surface area (Å²) in [5.74, 6) is -0.0314. The first kappa shape index (κ1) is 12.3. The second-order valence-corrected chi connectivity index (χ2v) is 4.10. The molecule has 0 aliphatic carbocycles. The van der Waals surface area contributed by atoms with E-state index >= 15 is 0 Å². The molecule has 0 saturated heterocycles. The Morgan fingerprint density at radius 1 is 1.39 bits per heavy atom. The van der Waals surface area contributed by atoms with Crippen LogP contribution in [0.15, 0.2) is 24.7 Å². The van der Waals surface area contributed by atoms with Crippen molar-refractivity contribution in [3.63, 3.8) is 0 Å². The molecule has 0 unspecified atom stereocenters. The molecule has 0 amide bonds. The van der Waals surface area contributed by atoms with Gasteiger partial charge in [-0.15, -0.1) is 0 Å². The maximum Gasteiger partial charge on any atom is 0.189 e. The summed E-state index contributed by atoms with van der Waals surface area (Å²) in [5, 5.41) is 8.20. The van der Waals surface area contributed by atoms with Crippen LogP contribution in [0.2, 0.25) is 0 Å². The van der Waals surface area contributed by atoms with Gasteiger partial charge in [-0.25, -0.2) is 0 Å². The summed E-state index contributed by atoms with van der Waals surface area (Å²) in [6.07, 6.45) is 8.51. The van der Waals surface area contributed by atoms with Crippen molar-refractivity contribution in [1.82, 2.24) is 19.6 Å². The fourth-order valence-corrected chi connectivity index (χ4v) is 1.80. The summed E-state index contributed by atoms with van der Waals surface area (Å²) in [6.45, 7) is 4.67. The van der Waals surface area contributed by atoms with Crippen molar-refractivity contribution in [2.75, 3.05) is 0 Å². The molecule has 5 nitrogen and oxygen atoms in total. The Labute approximate surface area is 106 Å². The van der Waals surface area contributed by atoms with Gasteiger partial charge < -0.3 is 0 Å². The van der Waals surface area contributed by atoms with Crippen molar-refractivity contribution in [2.24, 2.45) is 7.05 Å². The Kier molecular flexibility index (Phi) is 3.41. The standard InChI is InChI=1S/C13H16N4O/c1-4-17-10(2)12(8-15-17)13(18)6-5-11-7-14-16(3)9-11/h5-9H,4H2,1-3H3/b6-5+. The van der Waals surface area contributed by atoms with E-state index in [1.165, 1.54) is 0 Å². The van der Waals surface area contributed by atoms with Gasteiger partial charge in [0.25, 0.3) is 0 Å². The monoisotopic (exact) mass is 244 g/mol. The number of carbonyl (C=O) groups is 1. The predicted octanol–water partition coefficient (Wildman–Crippen LogP) is 1.84. The second-order valence-electron chi connectivity index (χ2n) is 4.10. The van der Waals surface area contributed by atoms with E-state index in [0.717, 1.165) is 17.8 Å². The molecule has 2 rings (SSSR count). The highest BCUT2D eigenvalue weighted by Gasteiger charge is 2.10. The van der Waals surface area contributed by atoms with Crippen LogP contribution in [0.5, 0.6) is 0 Å². The van der Waals surface area contributed by atoms with E-state index in [4.69, 9.17) is 0 Å². The van der Waals surface area contributed by atoms with Gasteiger partial charge in [0.15, 0.2) is 5.78 Å². The molecule has 0 saturated carbocycles. The van der Waals surface area contributed by atoms with Crippen molar-refractivity contribution in [3.05, 3.63) is 41.5 Å². The average molecular weight is 244 g/mol. The Morgan fingerprint density at radius 3 is 2.72 bits per heavy atom. The molecule has 2 aromatic rings. The van der Waals surface area contributed by atoms with Gasteiger partial charge in [-0.1, -0.05) is 0 Å². The molecule has 94 valence electrons. The van der Waals surface area contributed by atoms with Crippen LogP contribution >= 0.6 is 0 Å². The number of hydrogen-bond donors (Lipinski definition) is 0. The lowest BCUT2D eigenvalue weighted by Crippen LogP contribution is -2.01. The van der Waals surface area contributed by atoms with E-state index in [1.54, 1.807) is 29.2 Å². The van der Waals surface area contributed by atoms with Crippen LogP contribution in [0, 0.1) is 6.92 Å². The number of ketones is 1. The first-order chi connectivity index (χ1) is 8.61. The lowest BCUT2D eigenvalue weighted by molar-refractivity contribution is 0.104. The molecule has 5 heteroatoms. The molecule has 2 heterocycles. The van der Waals surface area contributed by atoms with Crippen LogP contribution in [0.4, 0.5) is 0 Å². The highest BCUT2D eigenvalue weighted by atomic mass is 16.1. The minimum Gasteiger partial charge on any atom is -0.289 e. The predicted molar refractivity (Wildman–Crippen MR) is 69.2 cm³/mol. The Hall–Kier alpha value is -2.17. The van der Waals surface area contributed by atoms with E-state index in [2.05, 4.69) is 10.2 Å². The lowest BCUT2D eigenvalue weighted by Gasteiger charge is -1.99. The quantitative estimate of drug-likeness (QED) is 0.609. The summed E-state index contributed by atoms with van der Waals surface area (Å²) < 4.78 is 3.51. The average Bonchev–Trinajstić information content (AvgIpc) is 2.92. The molecule has 0 spiro atoms. The Morgan fingerprint density at radius 2 is 2.17 bits per heavy atom. The maximum atomic E-state index is 12.0. The summed E-state index contributed by atoms with van der Waals surface area (Å²) in [4.78, 5) is 12.0. The van der Waals surface area contributed by atoms with Gasteiger partial charge in [0.1, 0.15) is 0 Å². The number of aromatic nitrogens is 4. The summed E-state index contributed by atoms with van der Waals surface area (Å²) in [7, 11) is 1.84. The summed E-state index contributed by atoms with van der Waals surface area (Å²) in [6, 6.07) is 0. The van der Waals surface area contributed by atoms with Crippen molar-refractivity contribution < 1.29 is 4.79 Å². The SMILES string of the molecule is CCn1ncc(C(=O)/C=C/c2cnn(C)c2)c1C. The number of carbonyl (C=O) groups excluding carboxylic acids is 1. The van der Waals surface area contributed by atoms with Crippen molar-refractivity contribution in [2.45, 2.75) is 20.4 Å². The summed E-state index contributed by atoms with van der Waals surface area (Å²) in [5.41, 5.74) is 2.46. The van der Waals surface area contributed by atoms with Gasteiger partial charge in [-0.05, 0) is 26.0 Å². The van der Waals surface area contributed by atoms with Crippen molar-refractivity contribution in [1.29, 1.82) is 0 Å². The molecule has 2 aromatic heterocycles. The van der Waals surface area contributed by atoms with Crippen LogP contribution in [-0.2, 0) is 13.6 Å².